The number of hydrogen-bond acceptors (Lipinski definition) is 12. The number of ether oxygens (including phenoxy) is 6. The molecule has 18 heteroatoms. The highest BCUT2D eigenvalue weighted by atomic mass is 16.5. The molecule has 0 radical (unpaired) electrons. The van der Waals surface area contributed by atoms with Crippen LogP contribution < -0.4 is 15.4 Å². The number of rotatable bonds is 11. The van der Waals surface area contributed by atoms with E-state index in [-0.39, 0.29) is 72.1 Å². The smallest absolute Gasteiger partial charge is 0.407 e. The molecule has 10 rings (SSSR count). The van der Waals surface area contributed by atoms with Gasteiger partial charge < -0.3 is 58.8 Å². The maximum absolute atomic E-state index is 14.6. The normalized spacial score (nSPS) is 27.9. The molecule has 4 fully saturated rings. The van der Waals surface area contributed by atoms with Crippen LogP contribution in [0.4, 0.5) is 9.59 Å². The number of likely N-dealkylation sites (tertiary alicyclic amines) is 2. The molecule has 7 heterocycles. The predicted octanol–water partition coefficient (Wildman–Crippen LogP) is 8.11. The first-order valence-corrected chi connectivity index (χ1v) is 25.6. The predicted molar refractivity (Wildman–Crippen MR) is 268 cm³/mol. The molecule has 384 valence electrons. The minimum Gasteiger partial charge on any atom is -0.488 e. The summed E-state index contributed by atoms with van der Waals surface area (Å²) in [7, 11) is 4.29. The SMILES string of the molecule is COC[C@H]1C[C@@H](c2ncc(-c3ccc4c(c3)COc3cc5c(ccc6nc([C@@H]7CC[C@H](C)N7C(=O)[C@@H](NC(=O)OC)C7C[C@@H](C)O[C@H](C)C7)[nH]c65)cc3-4)[nH]2)N(C(=O)[C@@H](NC(=O)OC)C2C[C@@H](C)O[C@H](C)C2)C1. The maximum atomic E-state index is 14.6. The first-order chi connectivity index (χ1) is 34.7. The average Bonchev–Trinajstić information content (AvgIpc) is 4.19. The van der Waals surface area contributed by atoms with Crippen molar-refractivity contribution in [1.29, 1.82) is 0 Å². The number of carbonyl (C=O) groups excluding carboxylic acids is 4. The van der Waals surface area contributed by atoms with E-state index in [1.54, 1.807) is 7.11 Å². The van der Waals surface area contributed by atoms with E-state index in [0.717, 1.165) is 68.3 Å². The Morgan fingerprint density at radius 2 is 1.42 bits per heavy atom. The Balaban J connectivity index is 0.897. The molecule has 10 atom stereocenters. The summed E-state index contributed by atoms with van der Waals surface area (Å²) in [6.45, 7) is 11.4. The van der Waals surface area contributed by atoms with Crippen molar-refractivity contribution in [3.8, 4) is 28.1 Å². The van der Waals surface area contributed by atoms with Gasteiger partial charge in [-0.3, -0.25) is 9.59 Å². The molecule has 5 aromatic rings. The number of H-pyrrole nitrogens is 2. The molecule has 72 heavy (non-hydrogen) atoms. The fourth-order valence-electron chi connectivity index (χ4n) is 12.6. The van der Waals surface area contributed by atoms with Crippen LogP contribution >= 0.6 is 0 Å². The Morgan fingerprint density at radius 1 is 0.750 bits per heavy atom. The van der Waals surface area contributed by atoms with Gasteiger partial charge in [0.2, 0.25) is 11.8 Å². The third-order valence-electron chi connectivity index (χ3n) is 15.8. The van der Waals surface area contributed by atoms with Crippen LogP contribution in [0.2, 0.25) is 0 Å². The van der Waals surface area contributed by atoms with Crippen molar-refractivity contribution in [3.05, 3.63) is 65.9 Å². The third kappa shape index (κ3) is 9.60. The summed E-state index contributed by atoms with van der Waals surface area (Å²) in [4.78, 5) is 75.5. The van der Waals surface area contributed by atoms with Crippen molar-refractivity contribution in [1.82, 2.24) is 40.4 Å². The summed E-state index contributed by atoms with van der Waals surface area (Å²) < 4.78 is 34.1. The fourth-order valence-corrected chi connectivity index (χ4v) is 12.6. The van der Waals surface area contributed by atoms with Gasteiger partial charge >= 0.3 is 12.2 Å². The van der Waals surface area contributed by atoms with Crippen molar-refractivity contribution in [2.75, 3.05) is 34.5 Å². The van der Waals surface area contributed by atoms with Crippen LogP contribution in [0.1, 0.15) is 109 Å². The zero-order chi connectivity index (χ0) is 50.5. The number of amides is 4. The van der Waals surface area contributed by atoms with Gasteiger partial charge in [-0.25, -0.2) is 19.6 Å². The van der Waals surface area contributed by atoms with Crippen molar-refractivity contribution < 1.29 is 47.6 Å². The molecule has 4 N–H and O–H groups in total. The van der Waals surface area contributed by atoms with Crippen LogP contribution in [0.15, 0.2) is 48.7 Å². The number of hydrogen-bond donors (Lipinski definition) is 4. The van der Waals surface area contributed by atoms with Crippen molar-refractivity contribution in [2.45, 2.75) is 141 Å². The molecule has 2 aromatic heterocycles. The lowest BCUT2D eigenvalue weighted by Gasteiger charge is -2.39. The number of fused-ring (bicyclic) bond motifs is 6. The lowest BCUT2D eigenvalue weighted by atomic mass is 9.85. The second kappa shape index (κ2) is 20.3. The Morgan fingerprint density at radius 3 is 2.07 bits per heavy atom. The Kier molecular flexibility index (Phi) is 13.9. The van der Waals surface area contributed by atoms with Crippen molar-refractivity contribution >= 4 is 45.8 Å². The second-order valence-corrected chi connectivity index (χ2v) is 20.9. The monoisotopic (exact) mass is 989 g/mol. The zero-order valence-electron chi connectivity index (χ0n) is 42.5. The van der Waals surface area contributed by atoms with Crippen LogP contribution in [0.3, 0.4) is 0 Å². The first-order valence-electron chi connectivity index (χ1n) is 25.6. The Hall–Kier alpha value is -6.24. The van der Waals surface area contributed by atoms with Gasteiger partial charge in [0.1, 0.15) is 36.1 Å². The Labute approximate surface area is 419 Å². The van der Waals surface area contributed by atoms with E-state index < -0.39 is 24.3 Å². The molecule has 3 aromatic carbocycles. The number of imidazole rings is 2. The van der Waals surface area contributed by atoms with Gasteiger partial charge in [-0.15, -0.1) is 0 Å². The summed E-state index contributed by atoms with van der Waals surface area (Å²) in [6, 6.07) is 12.4. The Bertz CT molecular complexity index is 2830. The molecular weight excluding hydrogens is 921 g/mol. The van der Waals surface area contributed by atoms with Crippen LogP contribution in [0.5, 0.6) is 5.75 Å². The maximum Gasteiger partial charge on any atom is 0.407 e. The molecular formula is C54H68N8O10. The molecule has 0 aliphatic carbocycles. The second-order valence-electron chi connectivity index (χ2n) is 20.9. The molecule has 18 nitrogen and oxygen atoms in total. The van der Waals surface area contributed by atoms with Crippen LogP contribution in [0.25, 0.3) is 44.2 Å². The van der Waals surface area contributed by atoms with Gasteiger partial charge in [-0.05, 0) is 138 Å². The van der Waals surface area contributed by atoms with Crippen molar-refractivity contribution in [2.24, 2.45) is 17.8 Å². The molecule has 0 bridgehead atoms. The minimum absolute atomic E-state index is 0.0405. The first kappa shape index (κ1) is 49.3. The number of aromatic nitrogens is 4. The topological polar surface area (TPSA) is 212 Å². The fraction of sp³-hybridized carbons (Fsp3) is 0.556. The van der Waals surface area contributed by atoms with Gasteiger partial charge in [0.05, 0.1) is 80.3 Å². The van der Waals surface area contributed by atoms with E-state index in [1.807, 2.05) is 49.8 Å². The van der Waals surface area contributed by atoms with E-state index in [4.69, 9.17) is 38.4 Å². The van der Waals surface area contributed by atoms with Crippen LogP contribution in [0, 0.1) is 17.8 Å². The average molecular weight is 989 g/mol. The summed E-state index contributed by atoms with van der Waals surface area (Å²) in [6.07, 6.45) is 5.10. The number of nitrogens with zero attached hydrogens (tertiary/aromatic N) is 4. The molecule has 0 saturated carbocycles. The standard InChI is InChI=1S/C54H68N8O10/c1-27-9-14-43(62(27)52(64)47(60-54(66)69-8)36-17-30(4)72-31(5)18-36)50-56-41-13-11-33-21-40-38-12-10-34(20-37(38)26-70-45(40)22-39(33)48(41)58-50)42-23-55-49(57-42)44-19-32(25-67-6)24-61(44)51(63)46(59-53(65)68-7)35-15-28(2)71-29(3)16-35/h10-13,20-23,27-32,35-36,43-44,46-47H,9,14-19,24-26H2,1-8H3,(H,55,57)(H,56,58)(H,59,65)(H,60,66)/t27-,28+,29+,30+,31+,32-,43-,44-,46-,47-/m0/s1. The van der Waals surface area contributed by atoms with E-state index in [9.17, 15) is 19.2 Å². The van der Waals surface area contributed by atoms with E-state index in [2.05, 4.69) is 63.9 Å². The molecule has 4 amide bonds. The lowest BCUT2D eigenvalue weighted by molar-refractivity contribution is -0.140. The van der Waals surface area contributed by atoms with E-state index in [0.29, 0.717) is 63.5 Å². The lowest BCUT2D eigenvalue weighted by Crippen LogP contribution is -2.55. The molecule has 5 aliphatic rings. The van der Waals surface area contributed by atoms with Gasteiger partial charge in [0.25, 0.3) is 0 Å². The number of carbonyl (C=O) groups is 4. The van der Waals surface area contributed by atoms with Gasteiger partial charge in [-0.2, -0.15) is 0 Å². The number of benzene rings is 3. The summed E-state index contributed by atoms with van der Waals surface area (Å²) in [5.41, 5.74) is 6.49. The molecule has 0 spiro atoms. The largest absolute Gasteiger partial charge is 0.488 e. The summed E-state index contributed by atoms with van der Waals surface area (Å²) >= 11 is 0. The zero-order valence-corrected chi connectivity index (χ0v) is 42.5. The third-order valence-corrected chi connectivity index (χ3v) is 15.8. The van der Waals surface area contributed by atoms with Crippen LogP contribution in [-0.4, -0.2) is 131 Å². The van der Waals surface area contributed by atoms with E-state index >= 15 is 0 Å². The number of alkyl carbamates (subject to hydrolysis) is 2. The van der Waals surface area contributed by atoms with Gasteiger partial charge in [0, 0.05) is 36.6 Å². The molecule has 0 unspecified atom stereocenters. The van der Waals surface area contributed by atoms with Crippen LogP contribution in [-0.2, 0) is 39.9 Å². The van der Waals surface area contributed by atoms with E-state index in [1.165, 1.54) is 14.2 Å². The van der Waals surface area contributed by atoms with Crippen molar-refractivity contribution in [3.63, 3.8) is 0 Å². The highest BCUT2D eigenvalue weighted by Crippen LogP contribution is 2.45. The molecule has 4 saturated heterocycles. The quantitative estimate of drug-likeness (QED) is 0.0989. The highest BCUT2D eigenvalue weighted by molar-refractivity contribution is 6.07. The number of methoxy groups -OCH3 is 3. The number of nitrogens with one attached hydrogen (secondary N) is 4. The molecule has 5 aliphatic heterocycles. The number of aromatic amines is 2. The highest BCUT2D eigenvalue weighted by Gasteiger charge is 2.46. The van der Waals surface area contributed by atoms with Gasteiger partial charge in [-0.1, -0.05) is 18.2 Å². The van der Waals surface area contributed by atoms with Gasteiger partial charge in [0.15, 0.2) is 0 Å². The summed E-state index contributed by atoms with van der Waals surface area (Å²) in [5, 5.41) is 7.76. The summed E-state index contributed by atoms with van der Waals surface area (Å²) in [5.74, 6) is 1.67. The minimum atomic E-state index is -0.787.